The number of hydrogen-bond donors (Lipinski definition) is 1. The number of esters is 1. The Labute approximate surface area is 209 Å². The van der Waals surface area contributed by atoms with Crippen molar-refractivity contribution >= 4 is 40.9 Å². The van der Waals surface area contributed by atoms with E-state index in [1.807, 2.05) is 68.4 Å². The molecule has 35 heavy (non-hydrogen) atoms. The Morgan fingerprint density at radius 3 is 2.26 bits per heavy atom. The molecule has 0 bridgehead atoms. The number of nitrogens with zero attached hydrogens (tertiary/aromatic N) is 1. The number of amides is 2. The molecule has 0 fully saturated rings. The van der Waals surface area contributed by atoms with Crippen LogP contribution in [0.1, 0.15) is 36.2 Å². The highest BCUT2D eigenvalue weighted by Gasteiger charge is 2.40. The summed E-state index contributed by atoms with van der Waals surface area (Å²) in [6.07, 6.45) is 1.50. The van der Waals surface area contributed by atoms with Gasteiger partial charge in [0, 0.05) is 10.6 Å². The van der Waals surface area contributed by atoms with Crippen LogP contribution >= 0.6 is 11.8 Å². The summed E-state index contributed by atoms with van der Waals surface area (Å²) in [5.41, 5.74) is 2.81. The summed E-state index contributed by atoms with van der Waals surface area (Å²) in [7, 11) is 0. The molecule has 6 nitrogen and oxygen atoms in total. The van der Waals surface area contributed by atoms with E-state index in [-0.39, 0.29) is 5.70 Å². The average Bonchev–Trinajstić information content (AvgIpc) is 3.12. The fraction of sp³-hybridized carbons (Fsp3) is 0.179. The molecule has 1 N–H and O–H groups in total. The lowest BCUT2D eigenvalue weighted by atomic mass is 10.1. The van der Waals surface area contributed by atoms with Crippen molar-refractivity contribution in [1.82, 2.24) is 0 Å². The molecule has 178 valence electrons. The van der Waals surface area contributed by atoms with Gasteiger partial charge in [-0.15, -0.1) is 0 Å². The van der Waals surface area contributed by atoms with Crippen molar-refractivity contribution in [3.05, 3.63) is 101 Å². The first-order valence-electron chi connectivity index (χ1n) is 11.5. The van der Waals surface area contributed by atoms with Crippen LogP contribution in [-0.4, -0.2) is 24.4 Å². The molecule has 1 heterocycles. The Morgan fingerprint density at radius 2 is 1.57 bits per heavy atom. The molecular weight excluding hydrogens is 460 g/mol. The van der Waals surface area contributed by atoms with Gasteiger partial charge in [-0.1, -0.05) is 62.0 Å². The van der Waals surface area contributed by atoms with Crippen LogP contribution in [0.5, 0.6) is 0 Å². The van der Waals surface area contributed by atoms with Crippen LogP contribution in [-0.2, 0) is 20.7 Å². The minimum atomic E-state index is -0.444. The number of imide groups is 1. The molecule has 0 unspecified atom stereocenters. The van der Waals surface area contributed by atoms with Gasteiger partial charge in [-0.3, -0.25) is 9.59 Å². The van der Waals surface area contributed by atoms with Gasteiger partial charge >= 0.3 is 5.97 Å². The first-order chi connectivity index (χ1) is 17.0. The maximum absolute atomic E-state index is 13.6. The number of thioether (sulfide) groups is 1. The zero-order chi connectivity index (χ0) is 24.8. The van der Waals surface area contributed by atoms with Gasteiger partial charge < -0.3 is 10.1 Å². The van der Waals surface area contributed by atoms with E-state index in [1.54, 1.807) is 24.3 Å². The lowest BCUT2D eigenvalue weighted by molar-refractivity contribution is -0.120. The normalized spacial score (nSPS) is 13.4. The number of carbonyl (C=O) groups excluding carboxylic acids is 3. The van der Waals surface area contributed by atoms with E-state index < -0.39 is 17.8 Å². The molecule has 0 spiro atoms. The zero-order valence-electron chi connectivity index (χ0n) is 19.6. The third-order valence-corrected chi connectivity index (χ3v) is 6.55. The molecule has 0 saturated heterocycles. The highest BCUT2D eigenvalue weighted by Crippen LogP contribution is 2.38. The SMILES string of the molecule is CCCOC(=O)c1ccc(N2C(=O)C(Nc3ccccc3CC)=C(Sc3ccccc3)C2=O)cc1. The maximum atomic E-state index is 13.6. The molecule has 0 atom stereocenters. The van der Waals surface area contributed by atoms with E-state index in [1.165, 1.54) is 11.8 Å². The van der Waals surface area contributed by atoms with Gasteiger partial charge in [-0.25, -0.2) is 9.69 Å². The van der Waals surface area contributed by atoms with E-state index in [4.69, 9.17) is 4.74 Å². The van der Waals surface area contributed by atoms with Crippen LogP contribution in [0.2, 0.25) is 0 Å². The highest BCUT2D eigenvalue weighted by atomic mass is 32.2. The summed E-state index contributed by atoms with van der Waals surface area (Å²) >= 11 is 1.25. The quantitative estimate of drug-likeness (QED) is 0.304. The molecule has 2 amide bonds. The van der Waals surface area contributed by atoms with E-state index in [9.17, 15) is 14.4 Å². The predicted molar refractivity (Wildman–Crippen MR) is 138 cm³/mol. The van der Waals surface area contributed by atoms with Crippen molar-refractivity contribution in [2.24, 2.45) is 0 Å². The Balaban J connectivity index is 1.67. The molecule has 0 aromatic heterocycles. The number of aryl methyl sites for hydroxylation is 1. The number of nitrogens with one attached hydrogen (secondary N) is 1. The van der Waals surface area contributed by atoms with Crippen LogP contribution in [0, 0.1) is 0 Å². The first-order valence-corrected chi connectivity index (χ1v) is 12.3. The molecule has 1 aliphatic rings. The fourth-order valence-corrected chi connectivity index (χ4v) is 4.61. The second-order valence-corrected chi connectivity index (χ2v) is 8.97. The second-order valence-electron chi connectivity index (χ2n) is 7.88. The molecule has 0 saturated carbocycles. The minimum Gasteiger partial charge on any atom is -0.462 e. The summed E-state index contributed by atoms with van der Waals surface area (Å²) in [6, 6.07) is 23.5. The number of para-hydroxylation sites is 1. The van der Waals surface area contributed by atoms with Crippen LogP contribution in [0.3, 0.4) is 0 Å². The van der Waals surface area contributed by atoms with E-state index in [0.29, 0.717) is 22.8 Å². The highest BCUT2D eigenvalue weighted by molar-refractivity contribution is 8.04. The molecule has 3 aromatic rings. The number of anilines is 2. The van der Waals surface area contributed by atoms with Gasteiger partial charge in [0.25, 0.3) is 11.8 Å². The largest absolute Gasteiger partial charge is 0.462 e. The van der Waals surface area contributed by atoms with Gasteiger partial charge in [-0.05, 0) is 60.9 Å². The smallest absolute Gasteiger partial charge is 0.338 e. The van der Waals surface area contributed by atoms with E-state index in [0.717, 1.165) is 33.9 Å². The number of carbonyl (C=O) groups is 3. The van der Waals surface area contributed by atoms with Crippen molar-refractivity contribution in [3.63, 3.8) is 0 Å². The molecule has 7 heteroatoms. The summed E-state index contributed by atoms with van der Waals surface area (Å²) < 4.78 is 5.17. The van der Waals surface area contributed by atoms with Crippen molar-refractivity contribution in [3.8, 4) is 0 Å². The Morgan fingerprint density at radius 1 is 0.886 bits per heavy atom. The van der Waals surface area contributed by atoms with Crippen molar-refractivity contribution in [1.29, 1.82) is 0 Å². The molecule has 4 rings (SSSR count). The second kappa shape index (κ2) is 11.1. The Hall–Kier alpha value is -3.84. The Kier molecular flexibility index (Phi) is 7.67. The number of rotatable bonds is 9. The van der Waals surface area contributed by atoms with E-state index in [2.05, 4.69) is 5.32 Å². The van der Waals surface area contributed by atoms with Crippen LogP contribution in [0.4, 0.5) is 11.4 Å². The van der Waals surface area contributed by atoms with Gasteiger partial charge in [-0.2, -0.15) is 0 Å². The molecule has 3 aromatic carbocycles. The van der Waals surface area contributed by atoms with Crippen molar-refractivity contribution in [2.45, 2.75) is 31.6 Å². The molecule has 1 aliphatic heterocycles. The predicted octanol–water partition coefficient (Wildman–Crippen LogP) is 5.81. The van der Waals surface area contributed by atoms with Crippen LogP contribution < -0.4 is 10.2 Å². The van der Waals surface area contributed by atoms with Gasteiger partial charge in [0.2, 0.25) is 0 Å². The minimum absolute atomic E-state index is 0.233. The van der Waals surface area contributed by atoms with Gasteiger partial charge in [0.1, 0.15) is 10.6 Å². The summed E-state index contributed by atoms with van der Waals surface area (Å²) in [4.78, 5) is 41.5. The monoisotopic (exact) mass is 486 g/mol. The summed E-state index contributed by atoms with van der Waals surface area (Å²) in [5, 5.41) is 3.24. The average molecular weight is 487 g/mol. The van der Waals surface area contributed by atoms with Crippen molar-refractivity contribution < 1.29 is 19.1 Å². The standard InChI is InChI=1S/C28H26N2O4S/c1-3-18-34-28(33)20-14-16-21(17-15-20)30-26(31)24(29-23-13-9-8-10-19(23)4-2)25(27(30)32)35-22-11-6-5-7-12-22/h5-17,29H,3-4,18H2,1-2H3. The third kappa shape index (κ3) is 5.30. The van der Waals surface area contributed by atoms with Crippen molar-refractivity contribution in [2.75, 3.05) is 16.8 Å². The zero-order valence-corrected chi connectivity index (χ0v) is 20.4. The van der Waals surface area contributed by atoms with Crippen LogP contribution in [0.25, 0.3) is 0 Å². The van der Waals surface area contributed by atoms with Crippen LogP contribution in [0.15, 0.2) is 94.4 Å². The molecule has 0 aliphatic carbocycles. The van der Waals surface area contributed by atoms with Gasteiger partial charge in [0.05, 0.1) is 17.9 Å². The first kappa shape index (κ1) is 24.3. The number of ether oxygens (including phenoxy) is 1. The lowest BCUT2D eigenvalue weighted by Crippen LogP contribution is -2.32. The maximum Gasteiger partial charge on any atom is 0.338 e. The number of benzene rings is 3. The van der Waals surface area contributed by atoms with Gasteiger partial charge in [0.15, 0.2) is 0 Å². The topological polar surface area (TPSA) is 75.7 Å². The number of hydrogen-bond acceptors (Lipinski definition) is 6. The summed E-state index contributed by atoms with van der Waals surface area (Å²) in [5.74, 6) is -1.29. The summed E-state index contributed by atoms with van der Waals surface area (Å²) in [6.45, 7) is 4.29. The lowest BCUT2D eigenvalue weighted by Gasteiger charge is -2.16. The van der Waals surface area contributed by atoms with E-state index >= 15 is 0 Å². The molecular formula is C28H26N2O4S. The fourth-order valence-electron chi connectivity index (χ4n) is 3.67. The molecule has 0 radical (unpaired) electrons. The third-order valence-electron chi connectivity index (χ3n) is 5.46. The Bertz CT molecular complexity index is 1270.